The van der Waals surface area contributed by atoms with E-state index in [4.69, 9.17) is 4.42 Å². The van der Waals surface area contributed by atoms with Crippen LogP contribution in [0.4, 0.5) is 5.88 Å². The molecule has 0 aliphatic rings. The molecule has 1 aromatic heterocycles. The van der Waals surface area contributed by atoms with Gasteiger partial charge in [0, 0.05) is 10.9 Å². The van der Waals surface area contributed by atoms with E-state index in [0.717, 1.165) is 0 Å². The quantitative estimate of drug-likeness (QED) is 0.550. The van der Waals surface area contributed by atoms with E-state index in [-0.39, 0.29) is 5.58 Å². The smallest absolute Gasteiger partial charge is 0.442 e. The molecule has 0 saturated heterocycles. The van der Waals surface area contributed by atoms with Gasteiger partial charge in [0.1, 0.15) is 22.1 Å². The molecule has 7 heteroatoms. The van der Waals surface area contributed by atoms with Gasteiger partial charge in [-0.15, -0.1) is 0 Å². The minimum absolute atomic E-state index is 0.199. The van der Waals surface area contributed by atoms with Crippen LogP contribution in [-0.2, 0) is 4.79 Å². The Morgan fingerprint density at radius 2 is 1.92 bits per heavy atom. The first-order chi connectivity index (χ1) is 11.5. The Bertz CT molecular complexity index is 917. The lowest BCUT2D eigenvalue weighted by molar-refractivity contribution is -0.400. The van der Waals surface area contributed by atoms with Gasteiger partial charge in [0.15, 0.2) is 0 Å². The minimum Gasteiger partial charge on any atom is -0.480 e. The number of aliphatic carboxylic acids is 1. The first-order valence-corrected chi connectivity index (χ1v) is 7.20. The van der Waals surface area contributed by atoms with Crippen LogP contribution in [0.3, 0.4) is 0 Å². The van der Waals surface area contributed by atoms with Crippen LogP contribution >= 0.6 is 0 Å². The van der Waals surface area contributed by atoms with Crippen LogP contribution in [-0.4, -0.2) is 23.0 Å². The van der Waals surface area contributed by atoms with Crippen molar-refractivity contribution in [2.45, 2.75) is 6.04 Å². The fraction of sp³-hybridized carbons (Fsp3) is 0.118. The zero-order chi connectivity index (χ0) is 17.3. The Hall–Kier alpha value is -3.19. The summed E-state index contributed by atoms with van der Waals surface area (Å²) < 4.78 is 5.48. The number of hydrogen-bond donors (Lipinski definition) is 2. The van der Waals surface area contributed by atoms with Crippen LogP contribution in [0.1, 0.15) is 11.6 Å². The maximum Gasteiger partial charge on any atom is 0.442 e. The molecule has 3 aromatic rings. The number of nitrogens with one attached hydrogen (secondary N) is 1. The van der Waals surface area contributed by atoms with E-state index in [1.807, 2.05) is 6.07 Å². The molecule has 0 radical (unpaired) electrons. The van der Waals surface area contributed by atoms with E-state index in [2.05, 4.69) is 5.32 Å². The van der Waals surface area contributed by atoms with Gasteiger partial charge >= 0.3 is 11.9 Å². The number of nitrogens with zero attached hydrogens (tertiary/aromatic N) is 1. The number of para-hydroxylation sites is 1. The number of fused-ring (bicyclic) bond motifs is 1. The summed E-state index contributed by atoms with van der Waals surface area (Å²) >= 11 is 0. The van der Waals surface area contributed by atoms with Crippen molar-refractivity contribution in [3.05, 3.63) is 64.2 Å². The number of carboxylic acids is 1. The number of hydrogen-bond acceptors (Lipinski definition) is 5. The van der Waals surface area contributed by atoms with Gasteiger partial charge in [-0.25, -0.2) is 0 Å². The third-order valence-corrected chi connectivity index (χ3v) is 3.80. The average molecular weight is 326 g/mol. The summed E-state index contributed by atoms with van der Waals surface area (Å²) in [6.45, 7) is 0. The first-order valence-electron chi connectivity index (χ1n) is 7.20. The molecule has 24 heavy (non-hydrogen) atoms. The molecule has 122 valence electrons. The molecule has 0 aliphatic carbocycles. The van der Waals surface area contributed by atoms with Gasteiger partial charge in [-0.3, -0.25) is 14.9 Å². The van der Waals surface area contributed by atoms with Crippen molar-refractivity contribution in [1.29, 1.82) is 0 Å². The van der Waals surface area contributed by atoms with E-state index in [9.17, 15) is 20.0 Å². The highest BCUT2D eigenvalue weighted by atomic mass is 16.6. The van der Waals surface area contributed by atoms with Gasteiger partial charge in [0.25, 0.3) is 0 Å². The van der Waals surface area contributed by atoms with Gasteiger partial charge in [-0.2, -0.15) is 0 Å². The molecule has 1 atom stereocenters. The molecule has 2 aromatic carbocycles. The molecule has 0 aliphatic heterocycles. The van der Waals surface area contributed by atoms with Gasteiger partial charge in [0.2, 0.25) is 0 Å². The molecule has 0 amide bonds. The van der Waals surface area contributed by atoms with Crippen molar-refractivity contribution < 1.29 is 19.2 Å². The van der Waals surface area contributed by atoms with Crippen molar-refractivity contribution in [3.63, 3.8) is 0 Å². The predicted octanol–water partition coefficient (Wildman–Crippen LogP) is 3.35. The predicted molar refractivity (Wildman–Crippen MR) is 87.7 cm³/mol. The third-order valence-electron chi connectivity index (χ3n) is 3.80. The van der Waals surface area contributed by atoms with Gasteiger partial charge in [-0.1, -0.05) is 48.5 Å². The lowest BCUT2D eigenvalue weighted by Crippen LogP contribution is -2.25. The average Bonchev–Trinajstić information content (AvgIpc) is 2.96. The minimum atomic E-state index is -1.09. The summed E-state index contributed by atoms with van der Waals surface area (Å²) in [5, 5.41) is 24.0. The second kappa shape index (κ2) is 6.13. The standard InChI is InChI=1S/C17H14N2O5/c1-18-14(17(20)21)12-9-5-8-11-13(10-6-3-2-4-7-10)16(19(22)23)24-15(11)12/h2-9,14,18H,1H3,(H,20,21). The number of benzene rings is 2. The lowest BCUT2D eigenvalue weighted by Gasteiger charge is -2.11. The Morgan fingerprint density at radius 1 is 1.21 bits per heavy atom. The Balaban J connectivity index is 2.35. The Labute approximate surface area is 136 Å². The fourth-order valence-corrected chi connectivity index (χ4v) is 2.78. The molecule has 2 N–H and O–H groups in total. The number of carbonyl (C=O) groups is 1. The number of likely N-dealkylation sites (N-methyl/N-ethyl adjacent to an activating group) is 1. The molecule has 1 unspecified atom stereocenters. The summed E-state index contributed by atoms with van der Waals surface area (Å²) in [4.78, 5) is 22.3. The topological polar surface area (TPSA) is 106 Å². The molecule has 0 spiro atoms. The van der Waals surface area contributed by atoms with Crippen LogP contribution in [0.2, 0.25) is 0 Å². The first kappa shape index (κ1) is 15.7. The molecule has 0 bridgehead atoms. The molecule has 0 fully saturated rings. The normalized spacial score (nSPS) is 12.2. The SMILES string of the molecule is CNC(C(=O)O)c1cccc2c(-c3ccccc3)c([N+](=O)[O-])oc12. The summed E-state index contributed by atoms with van der Waals surface area (Å²) in [5.41, 5.74) is 1.52. The van der Waals surface area contributed by atoms with Gasteiger partial charge < -0.3 is 14.8 Å². The number of rotatable bonds is 5. The summed E-state index contributed by atoms with van der Waals surface area (Å²) in [5.74, 6) is -1.49. The second-order valence-electron chi connectivity index (χ2n) is 5.19. The van der Waals surface area contributed by atoms with Gasteiger partial charge in [0.05, 0.1) is 0 Å². The van der Waals surface area contributed by atoms with Crippen LogP contribution in [0.25, 0.3) is 22.1 Å². The second-order valence-corrected chi connectivity index (χ2v) is 5.19. The van der Waals surface area contributed by atoms with Crippen LogP contribution in [0.15, 0.2) is 52.9 Å². The highest BCUT2D eigenvalue weighted by Gasteiger charge is 2.29. The van der Waals surface area contributed by atoms with Crippen LogP contribution in [0, 0.1) is 10.1 Å². The van der Waals surface area contributed by atoms with Crippen molar-refractivity contribution in [1.82, 2.24) is 5.32 Å². The highest BCUT2D eigenvalue weighted by molar-refractivity contribution is 6.01. The molecule has 0 saturated carbocycles. The lowest BCUT2D eigenvalue weighted by atomic mass is 9.99. The highest BCUT2D eigenvalue weighted by Crippen LogP contribution is 2.41. The zero-order valence-electron chi connectivity index (χ0n) is 12.7. The maximum atomic E-state index is 11.4. The van der Waals surface area contributed by atoms with Gasteiger partial charge in [-0.05, 0) is 12.6 Å². The third kappa shape index (κ3) is 2.50. The van der Waals surface area contributed by atoms with Crippen molar-refractivity contribution >= 4 is 22.8 Å². The monoisotopic (exact) mass is 326 g/mol. The van der Waals surface area contributed by atoms with Crippen molar-refractivity contribution in [2.24, 2.45) is 0 Å². The molecule has 1 heterocycles. The molecular formula is C17H14N2O5. The number of nitro groups is 1. The zero-order valence-corrected chi connectivity index (χ0v) is 12.7. The largest absolute Gasteiger partial charge is 0.480 e. The van der Waals surface area contributed by atoms with Crippen LogP contribution < -0.4 is 5.32 Å². The van der Waals surface area contributed by atoms with E-state index < -0.39 is 22.8 Å². The molecule has 3 rings (SSSR count). The number of carboxylic acid groups (broad SMARTS) is 1. The van der Waals surface area contributed by atoms with E-state index >= 15 is 0 Å². The van der Waals surface area contributed by atoms with Crippen molar-refractivity contribution in [3.8, 4) is 11.1 Å². The molecular weight excluding hydrogens is 312 g/mol. The summed E-state index contributed by atoms with van der Waals surface area (Å²) in [7, 11) is 1.51. The van der Waals surface area contributed by atoms with Crippen molar-refractivity contribution in [2.75, 3.05) is 7.05 Å². The van der Waals surface area contributed by atoms with E-state index in [1.54, 1.807) is 42.5 Å². The summed E-state index contributed by atoms with van der Waals surface area (Å²) in [6.07, 6.45) is 0. The van der Waals surface area contributed by atoms with E-state index in [1.165, 1.54) is 7.05 Å². The van der Waals surface area contributed by atoms with Crippen LogP contribution in [0.5, 0.6) is 0 Å². The van der Waals surface area contributed by atoms with E-state index in [0.29, 0.717) is 22.1 Å². The summed E-state index contributed by atoms with van der Waals surface area (Å²) in [6, 6.07) is 12.8. The molecule has 7 nitrogen and oxygen atoms in total. The fourth-order valence-electron chi connectivity index (χ4n) is 2.78. The maximum absolute atomic E-state index is 11.4. The Morgan fingerprint density at radius 3 is 2.50 bits per heavy atom. The Kier molecular flexibility index (Phi) is 4.01. The number of furan rings is 1.